The average molecular weight is 350 g/mol. The van der Waals surface area contributed by atoms with Crippen molar-refractivity contribution in [2.24, 2.45) is 5.92 Å². The van der Waals surface area contributed by atoms with Gasteiger partial charge in [0.2, 0.25) is 0 Å². The molecule has 2 heterocycles. The third-order valence-corrected chi connectivity index (χ3v) is 7.60. The van der Waals surface area contributed by atoms with Crippen LogP contribution in [0.2, 0.25) is 0 Å². The lowest BCUT2D eigenvalue weighted by atomic mass is 9.85. The molecule has 0 spiro atoms. The van der Waals surface area contributed by atoms with Crippen LogP contribution in [0.25, 0.3) is 0 Å². The monoisotopic (exact) mass is 350 g/mol. The van der Waals surface area contributed by atoms with E-state index in [0.29, 0.717) is 25.7 Å². The van der Waals surface area contributed by atoms with Gasteiger partial charge < -0.3 is 4.74 Å². The second kappa shape index (κ2) is 6.41. The zero-order valence-corrected chi connectivity index (χ0v) is 14.8. The van der Waals surface area contributed by atoms with Crippen molar-refractivity contribution in [2.75, 3.05) is 19.8 Å². The summed E-state index contributed by atoms with van der Waals surface area (Å²) in [5, 5.41) is 0. The van der Waals surface area contributed by atoms with E-state index in [1.165, 1.54) is 12.0 Å². The van der Waals surface area contributed by atoms with Crippen molar-refractivity contribution in [3.63, 3.8) is 0 Å². The van der Waals surface area contributed by atoms with Crippen LogP contribution in [0.3, 0.4) is 0 Å². The van der Waals surface area contributed by atoms with Gasteiger partial charge in [0.25, 0.3) is 10.2 Å². The van der Waals surface area contributed by atoms with Gasteiger partial charge in [-0.05, 0) is 50.0 Å². The first-order valence-corrected chi connectivity index (χ1v) is 10.4. The number of hydrogen-bond acceptors (Lipinski definition) is 3. The summed E-state index contributed by atoms with van der Waals surface area (Å²) < 4.78 is 36.5. The number of ether oxygens (including phenoxy) is 1. The van der Waals surface area contributed by atoms with Crippen LogP contribution in [0.1, 0.15) is 37.7 Å². The standard InChI is InChI=1S/C18H26N2O3S/c21-24(22,20-14-16-6-7-17(20)12-16)19-18(8-10-23-11-9-18)13-15-4-2-1-3-5-15/h1-5,16-17,19H,6-14H2. The molecule has 1 saturated carbocycles. The lowest BCUT2D eigenvalue weighted by molar-refractivity contribution is 0.0464. The Morgan fingerprint density at radius 2 is 1.92 bits per heavy atom. The van der Waals surface area contributed by atoms with Crippen LogP contribution >= 0.6 is 0 Å². The van der Waals surface area contributed by atoms with E-state index >= 15 is 0 Å². The van der Waals surface area contributed by atoms with Crippen molar-refractivity contribution in [3.05, 3.63) is 35.9 Å². The molecule has 1 aromatic carbocycles. The molecule has 0 radical (unpaired) electrons. The minimum Gasteiger partial charge on any atom is -0.381 e. The molecule has 0 aromatic heterocycles. The molecular weight excluding hydrogens is 324 g/mol. The second-order valence-electron chi connectivity index (χ2n) is 7.56. The third-order valence-electron chi connectivity index (χ3n) is 5.85. The van der Waals surface area contributed by atoms with Crippen molar-refractivity contribution in [1.29, 1.82) is 0 Å². The van der Waals surface area contributed by atoms with Crippen LogP contribution in [-0.4, -0.2) is 44.1 Å². The SMILES string of the molecule is O=S(=O)(NC1(Cc2ccccc2)CCOCC1)N1CC2CCC1C2. The third kappa shape index (κ3) is 3.25. The van der Waals surface area contributed by atoms with Crippen molar-refractivity contribution in [2.45, 2.75) is 50.1 Å². The molecule has 24 heavy (non-hydrogen) atoms. The van der Waals surface area contributed by atoms with Crippen LogP contribution in [0.5, 0.6) is 0 Å². The first kappa shape index (κ1) is 16.5. The summed E-state index contributed by atoms with van der Waals surface area (Å²) in [6.45, 7) is 1.92. The Morgan fingerprint density at radius 3 is 2.54 bits per heavy atom. The number of nitrogens with one attached hydrogen (secondary N) is 1. The first-order valence-electron chi connectivity index (χ1n) is 8.99. The zero-order chi connectivity index (χ0) is 16.6. The van der Waals surface area contributed by atoms with E-state index in [9.17, 15) is 8.42 Å². The van der Waals surface area contributed by atoms with Gasteiger partial charge in [0.15, 0.2) is 0 Å². The fourth-order valence-corrected chi connectivity index (χ4v) is 6.50. The number of piperidine rings is 1. The van der Waals surface area contributed by atoms with E-state index in [-0.39, 0.29) is 6.04 Å². The molecule has 6 heteroatoms. The van der Waals surface area contributed by atoms with Gasteiger partial charge in [-0.25, -0.2) is 0 Å². The van der Waals surface area contributed by atoms with Crippen LogP contribution < -0.4 is 4.72 Å². The highest BCUT2D eigenvalue weighted by Crippen LogP contribution is 2.39. The highest BCUT2D eigenvalue weighted by Gasteiger charge is 2.46. The minimum atomic E-state index is -3.44. The quantitative estimate of drug-likeness (QED) is 0.885. The predicted octanol–water partition coefficient (Wildman–Crippen LogP) is 2.10. The molecular formula is C18H26N2O3S. The van der Waals surface area contributed by atoms with Crippen molar-refractivity contribution >= 4 is 10.2 Å². The maximum Gasteiger partial charge on any atom is 0.280 e. The summed E-state index contributed by atoms with van der Waals surface area (Å²) in [5.74, 6) is 0.561. The Kier molecular flexibility index (Phi) is 4.41. The number of fused-ring (bicyclic) bond motifs is 2. The Balaban J connectivity index is 1.55. The van der Waals surface area contributed by atoms with Crippen LogP contribution in [-0.2, 0) is 21.4 Å². The largest absolute Gasteiger partial charge is 0.381 e. The molecule has 1 N–H and O–H groups in total. The van der Waals surface area contributed by atoms with Gasteiger partial charge in [0.05, 0.1) is 0 Å². The van der Waals surface area contributed by atoms with Gasteiger partial charge in [-0.3, -0.25) is 0 Å². The number of nitrogens with zero attached hydrogens (tertiary/aromatic N) is 1. The smallest absolute Gasteiger partial charge is 0.280 e. The van der Waals surface area contributed by atoms with Gasteiger partial charge in [0, 0.05) is 31.3 Å². The van der Waals surface area contributed by atoms with E-state index in [0.717, 1.165) is 32.1 Å². The molecule has 0 amide bonds. The van der Waals surface area contributed by atoms with E-state index in [2.05, 4.69) is 16.9 Å². The molecule has 132 valence electrons. The Hall–Kier alpha value is -0.950. The molecule has 1 aliphatic carbocycles. The maximum absolute atomic E-state index is 13.1. The molecule has 3 fully saturated rings. The van der Waals surface area contributed by atoms with Crippen LogP contribution in [0.15, 0.2) is 30.3 Å². The Bertz CT molecular complexity index is 671. The van der Waals surface area contributed by atoms with Gasteiger partial charge in [-0.2, -0.15) is 17.4 Å². The Morgan fingerprint density at radius 1 is 1.17 bits per heavy atom. The molecule has 2 aliphatic heterocycles. The highest BCUT2D eigenvalue weighted by molar-refractivity contribution is 7.87. The highest BCUT2D eigenvalue weighted by atomic mass is 32.2. The predicted molar refractivity (Wildman–Crippen MR) is 92.8 cm³/mol. The van der Waals surface area contributed by atoms with Gasteiger partial charge >= 0.3 is 0 Å². The molecule has 2 unspecified atom stereocenters. The summed E-state index contributed by atoms with van der Waals surface area (Å²) in [5.41, 5.74) is 0.741. The molecule has 2 saturated heterocycles. The minimum absolute atomic E-state index is 0.209. The zero-order valence-electron chi connectivity index (χ0n) is 14.0. The van der Waals surface area contributed by atoms with E-state index in [4.69, 9.17) is 4.74 Å². The first-order chi connectivity index (χ1) is 11.6. The van der Waals surface area contributed by atoms with Crippen molar-refractivity contribution in [1.82, 2.24) is 9.03 Å². The topological polar surface area (TPSA) is 58.6 Å². The van der Waals surface area contributed by atoms with Crippen LogP contribution in [0, 0.1) is 5.92 Å². The summed E-state index contributed by atoms with van der Waals surface area (Å²) in [4.78, 5) is 0. The molecule has 5 nitrogen and oxygen atoms in total. The van der Waals surface area contributed by atoms with Gasteiger partial charge in [-0.15, -0.1) is 0 Å². The van der Waals surface area contributed by atoms with Crippen molar-refractivity contribution < 1.29 is 13.2 Å². The lowest BCUT2D eigenvalue weighted by Gasteiger charge is -2.40. The average Bonchev–Trinajstić information content (AvgIpc) is 3.19. The fraction of sp³-hybridized carbons (Fsp3) is 0.667. The lowest BCUT2D eigenvalue weighted by Crippen LogP contribution is -2.58. The Labute approximate surface area is 144 Å². The molecule has 1 aromatic rings. The number of benzene rings is 1. The number of rotatable bonds is 5. The maximum atomic E-state index is 13.1. The molecule has 2 bridgehead atoms. The van der Waals surface area contributed by atoms with Gasteiger partial charge in [0.1, 0.15) is 0 Å². The van der Waals surface area contributed by atoms with Gasteiger partial charge in [-0.1, -0.05) is 30.3 Å². The molecule has 4 rings (SSSR count). The van der Waals surface area contributed by atoms with E-state index < -0.39 is 15.7 Å². The summed E-state index contributed by atoms with van der Waals surface area (Å²) in [6.07, 6.45) is 5.40. The van der Waals surface area contributed by atoms with E-state index in [1.54, 1.807) is 4.31 Å². The summed E-state index contributed by atoms with van der Waals surface area (Å²) in [7, 11) is -3.44. The number of hydrogen-bond donors (Lipinski definition) is 1. The molecule has 2 atom stereocenters. The second-order valence-corrected chi connectivity index (χ2v) is 9.19. The summed E-state index contributed by atoms with van der Waals surface area (Å²) in [6, 6.07) is 10.4. The molecule has 3 aliphatic rings. The van der Waals surface area contributed by atoms with Crippen molar-refractivity contribution in [3.8, 4) is 0 Å². The van der Waals surface area contributed by atoms with Crippen LogP contribution in [0.4, 0.5) is 0 Å². The van der Waals surface area contributed by atoms with E-state index in [1.807, 2.05) is 18.2 Å². The summed E-state index contributed by atoms with van der Waals surface area (Å²) >= 11 is 0. The normalized spacial score (nSPS) is 29.8. The fourth-order valence-electron chi connectivity index (χ4n) is 4.57.